The van der Waals surface area contributed by atoms with Crippen LogP contribution < -0.4 is 0 Å². The summed E-state index contributed by atoms with van der Waals surface area (Å²) >= 11 is 0. The highest BCUT2D eigenvalue weighted by Gasteiger charge is 2.15. The normalized spacial score (nSPS) is 10.9. The van der Waals surface area contributed by atoms with Crippen LogP contribution in [-0.2, 0) is 0 Å². The van der Waals surface area contributed by atoms with Gasteiger partial charge < -0.3 is 0 Å². The summed E-state index contributed by atoms with van der Waals surface area (Å²) in [6.45, 7) is 5.19. The van der Waals surface area contributed by atoms with Gasteiger partial charge in [0.05, 0.1) is 5.52 Å². The molecule has 2 rings (SSSR count). The SMILES string of the molecule is CC(=O)c1ccc2cccc(C(=O)C(C)C)c2n1. The number of ketones is 2. The summed E-state index contributed by atoms with van der Waals surface area (Å²) in [5.74, 6) is -0.129. The molecule has 0 amide bonds. The van der Waals surface area contributed by atoms with Crippen LogP contribution in [0.2, 0.25) is 0 Å². The minimum absolute atomic E-state index is 0.0498. The van der Waals surface area contributed by atoms with E-state index >= 15 is 0 Å². The molecule has 0 fully saturated rings. The predicted molar refractivity (Wildman–Crippen MR) is 70.9 cm³/mol. The number of pyridine rings is 1. The molecule has 0 aliphatic rings. The maximum atomic E-state index is 12.1. The highest BCUT2D eigenvalue weighted by molar-refractivity contribution is 6.08. The van der Waals surface area contributed by atoms with Crippen molar-refractivity contribution in [3.05, 3.63) is 41.6 Å². The number of hydrogen-bond acceptors (Lipinski definition) is 3. The summed E-state index contributed by atoms with van der Waals surface area (Å²) in [5, 5.41) is 0.881. The van der Waals surface area contributed by atoms with Gasteiger partial charge in [0.15, 0.2) is 11.6 Å². The number of Topliss-reactive ketones (excluding diaryl/α,β-unsaturated/α-hetero) is 2. The van der Waals surface area contributed by atoms with E-state index in [1.54, 1.807) is 12.1 Å². The fourth-order valence-electron chi connectivity index (χ4n) is 1.85. The standard InChI is InChI=1S/C15H15NO2/c1-9(2)15(18)12-6-4-5-11-7-8-13(10(3)17)16-14(11)12/h4-9H,1-3H3. The highest BCUT2D eigenvalue weighted by atomic mass is 16.1. The topological polar surface area (TPSA) is 47.0 Å². The van der Waals surface area contributed by atoms with Crippen molar-refractivity contribution >= 4 is 22.5 Å². The van der Waals surface area contributed by atoms with Crippen LogP contribution in [0.3, 0.4) is 0 Å². The number of aromatic nitrogens is 1. The Balaban J connectivity index is 2.70. The summed E-state index contributed by atoms with van der Waals surface area (Å²) in [7, 11) is 0. The molecule has 18 heavy (non-hydrogen) atoms. The molecule has 0 saturated heterocycles. The van der Waals surface area contributed by atoms with E-state index in [0.29, 0.717) is 16.8 Å². The Kier molecular flexibility index (Phi) is 3.24. The van der Waals surface area contributed by atoms with Gasteiger partial charge in [-0.3, -0.25) is 9.59 Å². The maximum absolute atomic E-state index is 12.1. The third-order valence-corrected chi connectivity index (χ3v) is 2.87. The van der Waals surface area contributed by atoms with Gasteiger partial charge in [0.25, 0.3) is 0 Å². The van der Waals surface area contributed by atoms with Crippen LogP contribution in [0.5, 0.6) is 0 Å². The predicted octanol–water partition coefficient (Wildman–Crippen LogP) is 3.28. The van der Waals surface area contributed by atoms with Crippen molar-refractivity contribution in [3.8, 4) is 0 Å². The molecule has 0 radical (unpaired) electrons. The van der Waals surface area contributed by atoms with Crippen molar-refractivity contribution in [2.75, 3.05) is 0 Å². The number of carbonyl (C=O) groups is 2. The van der Waals surface area contributed by atoms with Crippen LogP contribution >= 0.6 is 0 Å². The van der Waals surface area contributed by atoms with E-state index in [1.165, 1.54) is 6.92 Å². The van der Waals surface area contributed by atoms with Crippen LogP contribution in [0.25, 0.3) is 10.9 Å². The summed E-state index contributed by atoms with van der Waals surface area (Å²) in [5.41, 5.74) is 1.60. The van der Waals surface area contributed by atoms with Gasteiger partial charge in [-0.05, 0) is 12.1 Å². The molecule has 0 saturated carbocycles. The third-order valence-electron chi connectivity index (χ3n) is 2.87. The lowest BCUT2D eigenvalue weighted by atomic mass is 9.98. The lowest BCUT2D eigenvalue weighted by Crippen LogP contribution is -2.09. The molecule has 3 heteroatoms. The van der Waals surface area contributed by atoms with Gasteiger partial charge in [-0.25, -0.2) is 4.98 Å². The van der Waals surface area contributed by atoms with Gasteiger partial charge in [-0.1, -0.05) is 32.0 Å². The molecule has 0 aliphatic carbocycles. The van der Waals surface area contributed by atoms with E-state index in [1.807, 2.05) is 32.0 Å². The summed E-state index contributed by atoms with van der Waals surface area (Å²) in [6, 6.07) is 9.02. The first kappa shape index (κ1) is 12.4. The van der Waals surface area contributed by atoms with Crippen molar-refractivity contribution in [1.29, 1.82) is 0 Å². The van der Waals surface area contributed by atoms with Gasteiger partial charge in [0.2, 0.25) is 0 Å². The maximum Gasteiger partial charge on any atom is 0.178 e. The number of fused-ring (bicyclic) bond motifs is 1. The molecule has 3 nitrogen and oxygen atoms in total. The van der Waals surface area contributed by atoms with Crippen LogP contribution in [-0.4, -0.2) is 16.6 Å². The zero-order valence-corrected chi connectivity index (χ0v) is 10.7. The Labute approximate surface area is 106 Å². The first-order valence-corrected chi connectivity index (χ1v) is 5.95. The van der Waals surface area contributed by atoms with Crippen LogP contribution in [0.4, 0.5) is 0 Å². The number of rotatable bonds is 3. The molecule has 1 aromatic carbocycles. The quantitative estimate of drug-likeness (QED) is 0.775. The van der Waals surface area contributed by atoms with Crippen molar-refractivity contribution in [3.63, 3.8) is 0 Å². The summed E-state index contributed by atoms with van der Waals surface area (Å²) < 4.78 is 0. The smallest absolute Gasteiger partial charge is 0.178 e. The molecular weight excluding hydrogens is 226 g/mol. The number of hydrogen-bond donors (Lipinski definition) is 0. The number of benzene rings is 1. The Morgan fingerprint density at radius 2 is 1.83 bits per heavy atom. The van der Waals surface area contributed by atoms with Gasteiger partial charge in [0.1, 0.15) is 5.69 Å². The molecule has 1 heterocycles. The van der Waals surface area contributed by atoms with E-state index in [0.717, 1.165) is 5.39 Å². The second-order valence-electron chi connectivity index (χ2n) is 4.65. The highest BCUT2D eigenvalue weighted by Crippen LogP contribution is 2.20. The average molecular weight is 241 g/mol. The van der Waals surface area contributed by atoms with Crippen molar-refractivity contribution in [2.24, 2.45) is 5.92 Å². The van der Waals surface area contributed by atoms with Crippen LogP contribution in [0, 0.1) is 5.92 Å². The summed E-state index contributed by atoms with van der Waals surface area (Å²) in [4.78, 5) is 27.8. The minimum atomic E-state index is -0.0938. The van der Waals surface area contributed by atoms with Crippen LogP contribution in [0.1, 0.15) is 41.6 Å². The van der Waals surface area contributed by atoms with E-state index in [-0.39, 0.29) is 17.5 Å². The van der Waals surface area contributed by atoms with Crippen molar-refractivity contribution < 1.29 is 9.59 Å². The van der Waals surface area contributed by atoms with Gasteiger partial charge in [-0.15, -0.1) is 0 Å². The van der Waals surface area contributed by atoms with E-state index < -0.39 is 0 Å². The average Bonchev–Trinajstić information content (AvgIpc) is 2.36. The number of para-hydroxylation sites is 1. The molecule has 0 unspecified atom stereocenters. The molecule has 0 N–H and O–H groups in total. The summed E-state index contributed by atoms with van der Waals surface area (Å²) in [6.07, 6.45) is 0. The molecule has 0 atom stereocenters. The minimum Gasteiger partial charge on any atom is -0.294 e. The molecular formula is C15H15NO2. The van der Waals surface area contributed by atoms with Crippen LogP contribution in [0.15, 0.2) is 30.3 Å². The first-order chi connectivity index (χ1) is 8.50. The number of carbonyl (C=O) groups excluding carboxylic acids is 2. The fourth-order valence-corrected chi connectivity index (χ4v) is 1.85. The van der Waals surface area contributed by atoms with Gasteiger partial charge in [0, 0.05) is 23.8 Å². The number of nitrogens with zero attached hydrogens (tertiary/aromatic N) is 1. The Bertz CT molecular complexity index is 629. The molecule has 1 aromatic heterocycles. The zero-order chi connectivity index (χ0) is 13.3. The zero-order valence-electron chi connectivity index (χ0n) is 10.7. The van der Waals surface area contributed by atoms with Gasteiger partial charge >= 0.3 is 0 Å². The first-order valence-electron chi connectivity index (χ1n) is 5.95. The third kappa shape index (κ3) is 2.16. The molecule has 0 bridgehead atoms. The Morgan fingerprint density at radius 3 is 2.44 bits per heavy atom. The lowest BCUT2D eigenvalue weighted by molar-refractivity contribution is 0.0939. The molecule has 0 spiro atoms. The van der Waals surface area contributed by atoms with Gasteiger partial charge in [-0.2, -0.15) is 0 Å². The van der Waals surface area contributed by atoms with Crippen molar-refractivity contribution in [2.45, 2.75) is 20.8 Å². The molecule has 92 valence electrons. The second kappa shape index (κ2) is 4.69. The lowest BCUT2D eigenvalue weighted by Gasteiger charge is -2.08. The Hall–Kier alpha value is -2.03. The molecule has 2 aromatic rings. The Morgan fingerprint density at radius 1 is 1.11 bits per heavy atom. The van der Waals surface area contributed by atoms with E-state index in [9.17, 15) is 9.59 Å². The largest absolute Gasteiger partial charge is 0.294 e. The van der Waals surface area contributed by atoms with Crippen molar-refractivity contribution in [1.82, 2.24) is 4.98 Å². The fraction of sp³-hybridized carbons (Fsp3) is 0.267. The monoisotopic (exact) mass is 241 g/mol. The second-order valence-corrected chi connectivity index (χ2v) is 4.65. The molecule has 0 aliphatic heterocycles. The van der Waals surface area contributed by atoms with E-state index in [4.69, 9.17) is 0 Å². The van der Waals surface area contributed by atoms with E-state index in [2.05, 4.69) is 4.98 Å².